The molecule has 0 amide bonds. The number of ether oxygens (including phenoxy) is 1. The molecule has 2 rings (SSSR count). The van der Waals surface area contributed by atoms with Crippen molar-refractivity contribution < 1.29 is 4.74 Å². The van der Waals surface area contributed by atoms with E-state index >= 15 is 0 Å². The van der Waals surface area contributed by atoms with Crippen molar-refractivity contribution in [2.45, 2.75) is 84.5 Å². The molecule has 0 aliphatic heterocycles. The van der Waals surface area contributed by atoms with Gasteiger partial charge < -0.3 is 4.74 Å². The van der Waals surface area contributed by atoms with Gasteiger partial charge in [0.15, 0.2) is 0 Å². The lowest BCUT2D eigenvalue weighted by Crippen LogP contribution is -2.20. The van der Waals surface area contributed by atoms with Crippen molar-refractivity contribution in [3.8, 4) is 0 Å². The Balaban J connectivity index is 1.54. The SMILES string of the molecule is C/C=C/CC1CCC(CCC2CCC(COCC)CC2)CC1. The average Bonchev–Trinajstić information content (AvgIpc) is 2.58. The predicted octanol–water partition coefficient (Wildman–Crippen LogP) is 6.38. The van der Waals surface area contributed by atoms with E-state index in [1.165, 1.54) is 70.6 Å². The quantitative estimate of drug-likeness (QED) is 0.473. The van der Waals surface area contributed by atoms with Gasteiger partial charge in [-0.25, -0.2) is 0 Å². The first-order valence-electron chi connectivity index (χ1n) is 10.0. The van der Waals surface area contributed by atoms with Crippen LogP contribution >= 0.6 is 0 Å². The first-order chi connectivity index (χ1) is 10.8. The number of rotatable bonds is 8. The van der Waals surface area contributed by atoms with Crippen molar-refractivity contribution in [1.29, 1.82) is 0 Å². The number of hydrogen-bond acceptors (Lipinski definition) is 1. The average molecular weight is 307 g/mol. The van der Waals surface area contributed by atoms with E-state index in [1.54, 1.807) is 0 Å². The molecule has 2 aliphatic rings. The lowest BCUT2D eigenvalue weighted by molar-refractivity contribution is 0.0843. The maximum absolute atomic E-state index is 5.60. The Morgan fingerprint density at radius 3 is 1.77 bits per heavy atom. The highest BCUT2D eigenvalue weighted by Crippen LogP contribution is 2.37. The molecule has 2 aliphatic carbocycles. The maximum atomic E-state index is 5.60. The van der Waals surface area contributed by atoms with Gasteiger partial charge in [-0.2, -0.15) is 0 Å². The Morgan fingerprint density at radius 2 is 1.27 bits per heavy atom. The van der Waals surface area contributed by atoms with Gasteiger partial charge in [-0.15, -0.1) is 0 Å². The van der Waals surface area contributed by atoms with Gasteiger partial charge in [0.05, 0.1) is 0 Å². The van der Waals surface area contributed by atoms with E-state index in [1.807, 2.05) is 0 Å². The van der Waals surface area contributed by atoms with Gasteiger partial charge >= 0.3 is 0 Å². The molecule has 1 nitrogen and oxygen atoms in total. The van der Waals surface area contributed by atoms with Gasteiger partial charge in [-0.05, 0) is 69.6 Å². The van der Waals surface area contributed by atoms with Crippen LogP contribution in [0.4, 0.5) is 0 Å². The third kappa shape index (κ3) is 6.44. The summed E-state index contributed by atoms with van der Waals surface area (Å²) < 4.78 is 5.60. The molecule has 0 aromatic heterocycles. The zero-order chi connectivity index (χ0) is 15.6. The van der Waals surface area contributed by atoms with Gasteiger partial charge in [0.25, 0.3) is 0 Å². The van der Waals surface area contributed by atoms with E-state index in [0.717, 1.165) is 36.9 Å². The number of allylic oxidation sites excluding steroid dienone is 2. The van der Waals surface area contributed by atoms with Crippen LogP contribution in [0.25, 0.3) is 0 Å². The molecule has 0 spiro atoms. The van der Waals surface area contributed by atoms with Crippen LogP contribution in [-0.4, -0.2) is 13.2 Å². The molecule has 0 aromatic carbocycles. The maximum Gasteiger partial charge on any atom is 0.0494 e. The smallest absolute Gasteiger partial charge is 0.0494 e. The van der Waals surface area contributed by atoms with E-state index in [4.69, 9.17) is 4.74 Å². The highest BCUT2D eigenvalue weighted by Gasteiger charge is 2.24. The van der Waals surface area contributed by atoms with Crippen molar-refractivity contribution in [3.63, 3.8) is 0 Å². The summed E-state index contributed by atoms with van der Waals surface area (Å²) in [5, 5.41) is 0. The van der Waals surface area contributed by atoms with E-state index in [2.05, 4.69) is 26.0 Å². The summed E-state index contributed by atoms with van der Waals surface area (Å²) in [5.74, 6) is 3.92. The van der Waals surface area contributed by atoms with Crippen LogP contribution in [0.15, 0.2) is 12.2 Å². The fraction of sp³-hybridized carbons (Fsp3) is 0.905. The molecule has 0 radical (unpaired) electrons. The van der Waals surface area contributed by atoms with Gasteiger partial charge in [0, 0.05) is 13.2 Å². The molecule has 0 heterocycles. The monoisotopic (exact) mass is 306 g/mol. The molecule has 0 saturated heterocycles. The molecule has 22 heavy (non-hydrogen) atoms. The minimum atomic E-state index is 0.859. The Hall–Kier alpha value is -0.300. The van der Waals surface area contributed by atoms with E-state index in [-0.39, 0.29) is 0 Å². The van der Waals surface area contributed by atoms with E-state index < -0.39 is 0 Å². The minimum Gasteiger partial charge on any atom is -0.381 e. The topological polar surface area (TPSA) is 9.23 Å². The third-order valence-electron chi connectivity index (χ3n) is 6.18. The standard InChI is InChI=1S/C21H38O/c1-3-5-6-18-7-9-19(10-8-18)11-12-20-13-15-21(16-14-20)17-22-4-2/h3,5,18-21H,4,6-17H2,1-2H3/b5-3+. The predicted molar refractivity (Wildman–Crippen MR) is 96.1 cm³/mol. The molecule has 1 heteroatoms. The molecular formula is C21H38O. The lowest BCUT2D eigenvalue weighted by atomic mass is 9.75. The number of hydrogen-bond donors (Lipinski definition) is 0. The zero-order valence-corrected chi connectivity index (χ0v) is 15.1. The summed E-state index contributed by atoms with van der Waals surface area (Å²) in [6.45, 7) is 6.16. The summed E-state index contributed by atoms with van der Waals surface area (Å²) in [6.07, 6.45) is 20.7. The van der Waals surface area contributed by atoms with Crippen LogP contribution in [0.3, 0.4) is 0 Å². The van der Waals surface area contributed by atoms with Crippen LogP contribution in [0.1, 0.15) is 84.5 Å². The molecule has 0 N–H and O–H groups in total. The zero-order valence-electron chi connectivity index (χ0n) is 15.1. The van der Waals surface area contributed by atoms with Crippen molar-refractivity contribution in [3.05, 3.63) is 12.2 Å². The van der Waals surface area contributed by atoms with Gasteiger partial charge in [0.2, 0.25) is 0 Å². The lowest BCUT2D eigenvalue weighted by Gasteiger charge is -2.31. The van der Waals surface area contributed by atoms with Crippen molar-refractivity contribution in [2.24, 2.45) is 23.7 Å². The summed E-state index contributed by atoms with van der Waals surface area (Å²) >= 11 is 0. The second kappa shape index (κ2) is 10.5. The molecule has 2 saturated carbocycles. The summed E-state index contributed by atoms with van der Waals surface area (Å²) in [6, 6.07) is 0. The molecule has 0 unspecified atom stereocenters. The summed E-state index contributed by atoms with van der Waals surface area (Å²) in [5.41, 5.74) is 0. The van der Waals surface area contributed by atoms with Crippen LogP contribution in [0.5, 0.6) is 0 Å². The van der Waals surface area contributed by atoms with Crippen molar-refractivity contribution in [1.82, 2.24) is 0 Å². The van der Waals surface area contributed by atoms with E-state index in [0.29, 0.717) is 0 Å². The van der Waals surface area contributed by atoms with E-state index in [9.17, 15) is 0 Å². The Labute approximate surface area is 138 Å². The van der Waals surface area contributed by atoms with Crippen molar-refractivity contribution >= 4 is 0 Å². The van der Waals surface area contributed by atoms with Crippen LogP contribution in [0.2, 0.25) is 0 Å². The Kier molecular flexibility index (Phi) is 8.59. The second-order valence-corrected chi connectivity index (χ2v) is 7.82. The fourth-order valence-electron chi connectivity index (χ4n) is 4.53. The molecule has 2 fully saturated rings. The highest BCUT2D eigenvalue weighted by molar-refractivity contribution is 4.83. The highest BCUT2D eigenvalue weighted by atomic mass is 16.5. The first kappa shape index (κ1) is 18.0. The normalized spacial score (nSPS) is 33.4. The molecule has 0 aromatic rings. The van der Waals surface area contributed by atoms with Gasteiger partial charge in [-0.1, -0.05) is 50.7 Å². The first-order valence-corrected chi connectivity index (χ1v) is 10.0. The fourth-order valence-corrected chi connectivity index (χ4v) is 4.53. The largest absolute Gasteiger partial charge is 0.381 e. The molecule has 0 atom stereocenters. The van der Waals surface area contributed by atoms with Crippen LogP contribution in [0, 0.1) is 23.7 Å². The Morgan fingerprint density at radius 1 is 0.773 bits per heavy atom. The molecule has 128 valence electrons. The third-order valence-corrected chi connectivity index (χ3v) is 6.18. The van der Waals surface area contributed by atoms with Crippen molar-refractivity contribution in [2.75, 3.05) is 13.2 Å². The van der Waals surface area contributed by atoms with Gasteiger partial charge in [-0.3, -0.25) is 0 Å². The van der Waals surface area contributed by atoms with Crippen LogP contribution < -0.4 is 0 Å². The minimum absolute atomic E-state index is 0.859. The Bertz CT molecular complexity index is 293. The molecule has 0 bridgehead atoms. The van der Waals surface area contributed by atoms with Crippen LogP contribution in [-0.2, 0) is 4.74 Å². The van der Waals surface area contributed by atoms with Gasteiger partial charge in [0.1, 0.15) is 0 Å². The second-order valence-electron chi connectivity index (χ2n) is 7.82. The molecular weight excluding hydrogens is 268 g/mol. The summed E-state index contributed by atoms with van der Waals surface area (Å²) in [4.78, 5) is 0. The summed E-state index contributed by atoms with van der Waals surface area (Å²) in [7, 11) is 0.